The largest absolute Gasteiger partial charge is 0.356 e. The van der Waals surface area contributed by atoms with Crippen molar-refractivity contribution in [2.45, 2.75) is 45.1 Å². The van der Waals surface area contributed by atoms with Crippen molar-refractivity contribution in [3.8, 4) is 0 Å². The van der Waals surface area contributed by atoms with Crippen molar-refractivity contribution in [3.63, 3.8) is 0 Å². The average molecular weight is 331 g/mol. The quantitative estimate of drug-likeness (QED) is 0.779. The van der Waals surface area contributed by atoms with Gasteiger partial charge in [-0.1, -0.05) is 30.3 Å². The normalized spacial score (nSPS) is 21.2. The van der Waals surface area contributed by atoms with Gasteiger partial charge in [0.15, 0.2) is 0 Å². The summed E-state index contributed by atoms with van der Waals surface area (Å²) in [6.07, 6.45) is 4.59. The number of hydrogen-bond acceptors (Lipinski definition) is 3. The van der Waals surface area contributed by atoms with Gasteiger partial charge in [0.25, 0.3) is 0 Å². The number of nitrogens with zero attached hydrogens (tertiary/aromatic N) is 1. The van der Waals surface area contributed by atoms with Gasteiger partial charge in [-0.25, -0.2) is 0 Å². The van der Waals surface area contributed by atoms with E-state index in [4.69, 9.17) is 5.73 Å². The van der Waals surface area contributed by atoms with Crippen LogP contribution in [0.4, 0.5) is 0 Å². The Balaban J connectivity index is 1.70. The summed E-state index contributed by atoms with van der Waals surface area (Å²) in [5.41, 5.74) is 7.33. The number of nitrogens with two attached hydrogens (primary N) is 1. The number of unbranched alkanes of at least 4 members (excludes halogenated alkanes) is 1. The Bertz CT molecular complexity index is 533. The molecule has 2 rings (SSSR count). The monoisotopic (exact) mass is 331 g/mol. The van der Waals surface area contributed by atoms with E-state index < -0.39 is 0 Å². The van der Waals surface area contributed by atoms with E-state index in [2.05, 4.69) is 29.6 Å². The van der Waals surface area contributed by atoms with E-state index in [1.54, 1.807) is 4.90 Å². The molecule has 0 radical (unpaired) electrons. The molecule has 5 nitrogen and oxygen atoms in total. The Morgan fingerprint density at radius 3 is 2.62 bits per heavy atom. The Labute approximate surface area is 144 Å². The van der Waals surface area contributed by atoms with Crippen molar-refractivity contribution in [1.82, 2.24) is 10.2 Å². The van der Waals surface area contributed by atoms with Crippen LogP contribution in [0.3, 0.4) is 0 Å². The van der Waals surface area contributed by atoms with E-state index in [9.17, 15) is 9.59 Å². The van der Waals surface area contributed by atoms with Gasteiger partial charge in [-0.15, -0.1) is 0 Å². The summed E-state index contributed by atoms with van der Waals surface area (Å²) in [5.74, 6) is -0.0976. The molecular formula is C19H29N3O2. The van der Waals surface area contributed by atoms with E-state index in [0.29, 0.717) is 19.6 Å². The maximum atomic E-state index is 12.4. The number of amides is 2. The summed E-state index contributed by atoms with van der Waals surface area (Å²) in [6, 6.07) is 10.3. The summed E-state index contributed by atoms with van der Waals surface area (Å²) < 4.78 is 0. The number of carbonyl (C=O) groups excluding carboxylic acids is 2. The van der Waals surface area contributed by atoms with Gasteiger partial charge in [-0.05, 0) is 37.7 Å². The molecule has 1 aliphatic rings. The van der Waals surface area contributed by atoms with Crippen LogP contribution in [0.15, 0.2) is 30.3 Å². The standard InChI is InChI=1S/C19H29N3O2/c1-15(23)22-13-17(10-11-18(20)14-22)19(24)21-12-6-5-9-16-7-3-2-4-8-16/h2-4,7-8,17-18H,5-6,9-14,20H2,1H3,(H,21,24)/t17-,18+/m1/s1. The van der Waals surface area contributed by atoms with Crippen LogP contribution in [0.1, 0.15) is 38.2 Å². The lowest BCUT2D eigenvalue weighted by molar-refractivity contribution is -0.131. The van der Waals surface area contributed by atoms with Gasteiger partial charge in [0.1, 0.15) is 0 Å². The lowest BCUT2D eigenvalue weighted by Gasteiger charge is -2.23. The third kappa shape index (κ3) is 5.96. The van der Waals surface area contributed by atoms with Gasteiger partial charge >= 0.3 is 0 Å². The Kier molecular flexibility index (Phi) is 7.25. The Hall–Kier alpha value is -1.88. The molecule has 1 heterocycles. The molecule has 24 heavy (non-hydrogen) atoms. The van der Waals surface area contributed by atoms with Gasteiger partial charge in [0, 0.05) is 32.6 Å². The van der Waals surface area contributed by atoms with E-state index in [0.717, 1.165) is 32.1 Å². The van der Waals surface area contributed by atoms with Crippen LogP contribution in [0.5, 0.6) is 0 Å². The molecule has 2 atom stereocenters. The van der Waals surface area contributed by atoms with E-state index in [-0.39, 0.29) is 23.8 Å². The molecule has 1 saturated heterocycles. The molecule has 3 N–H and O–H groups in total. The molecule has 0 bridgehead atoms. The third-order valence-electron chi connectivity index (χ3n) is 4.63. The average Bonchev–Trinajstić information content (AvgIpc) is 2.77. The molecule has 0 aliphatic carbocycles. The highest BCUT2D eigenvalue weighted by Crippen LogP contribution is 2.16. The number of hydrogen-bond donors (Lipinski definition) is 2. The fourth-order valence-corrected chi connectivity index (χ4v) is 3.15. The van der Waals surface area contributed by atoms with Crippen molar-refractivity contribution in [2.24, 2.45) is 11.7 Å². The first kappa shape index (κ1) is 18.5. The number of nitrogens with one attached hydrogen (secondary N) is 1. The summed E-state index contributed by atoms with van der Waals surface area (Å²) in [5, 5.41) is 3.02. The highest BCUT2D eigenvalue weighted by atomic mass is 16.2. The second kappa shape index (κ2) is 9.42. The van der Waals surface area contributed by atoms with Crippen LogP contribution >= 0.6 is 0 Å². The molecule has 132 valence electrons. The SMILES string of the molecule is CC(=O)N1C[C@@H](N)CC[C@@H](C(=O)NCCCCc2ccccc2)C1. The number of likely N-dealkylation sites (tertiary alicyclic amines) is 1. The van der Waals surface area contributed by atoms with Gasteiger partial charge in [0.05, 0.1) is 5.92 Å². The first-order valence-electron chi connectivity index (χ1n) is 8.89. The minimum absolute atomic E-state index is 0.00647. The minimum Gasteiger partial charge on any atom is -0.356 e. The summed E-state index contributed by atoms with van der Waals surface area (Å²) in [7, 11) is 0. The lowest BCUT2D eigenvalue weighted by atomic mass is 10.0. The molecule has 2 amide bonds. The number of benzene rings is 1. The first-order chi connectivity index (χ1) is 11.6. The smallest absolute Gasteiger partial charge is 0.224 e. The van der Waals surface area contributed by atoms with E-state index in [1.165, 1.54) is 12.5 Å². The molecule has 0 saturated carbocycles. The van der Waals surface area contributed by atoms with Crippen LogP contribution in [-0.4, -0.2) is 42.4 Å². The molecule has 1 aromatic rings. The maximum absolute atomic E-state index is 12.4. The molecule has 1 aliphatic heterocycles. The van der Waals surface area contributed by atoms with Crippen LogP contribution in [-0.2, 0) is 16.0 Å². The first-order valence-corrected chi connectivity index (χ1v) is 8.89. The Morgan fingerprint density at radius 2 is 1.92 bits per heavy atom. The predicted octanol–water partition coefficient (Wildman–Crippen LogP) is 1.71. The fraction of sp³-hybridized carbons (Fsp3) is 0.579. The fourth-order valence-electron chi connectivity index (χ4n) is 3.15. The topological polar surface area (TPSA) is 75.4 Å². The maximum Gasteiger partial charge on any atom is 0.224 e. The van der Waals surface area contributed by atoms with Gasteiger partial charge in [-0.2, -0.15) is 0 Å². The zero-order valence-electron chi connectivity index (χ0n) is 14.5. The second-order valence-electron chi connectivity index (χ2n) is 6.69. The number of carbonyl (C=O) groups is 2. The molecule has 0 spiro atoms. The van der Waals surface area contributed by atoms with Crippen molar-refractivity contribution < 1.29 is 9.59 Å². The zero-order valence-corrected chi connectivity index (χ0v) is 14.5. The van der Waals surface area contributed by atoms with E-state index in [1.807, 2.05) is 6.07 Å². The van der Waals surface area contributed by atoms with Crippen LogP contribution < -0.4 is 11.1 Å². The van der Waals surface area contributed by atoms with Crippen molar-refractivity contribution in [2.75, 3.05) is 19.6 Å². The van der Waals surface area contributed by atoms with Crippen LogP contribution in [0.2, 0.25) is 0 Å². The van der Waals surface area contributed by atoms with Crippen LogP contribution in [0.25, 0.3) is 0 Å². The summed E-state index contributed by atoms with van der Waals surface area (Å²) in [6.45, 7) is 3.26. The molecule has 0 unspecified atom stereocenters. The van der Waals surface area contributed by atoms with Crippen molar-refractivity contribution in [3.05, 3.63) is 35.9 Å². The summed E-state index contributed by atoms with van der Waals surface area (Å²) >= 11 is 0. The van der Waals surface area contributed by atoms with Gasteiger partial charge in [0.2, 0.25) is 11.8 Å². The lowest BCUT2D eigenvalue weighted by Crippen LogP contribution is -2.42. The highest BCUT2D eigenvalue weighted by molar-refractivity contribution is 5.80. The third-order valence-corrected chi connectivity index (χ3v) is 4.63. The molecule has 0 aromatic heterocycles. The molecule has 1 aromatic carbocycles. The second-order valence-corrected chi connectivity index (χ2v) is 6.69. The molecule has 5 heteroatoms. The zero-order chi connectivity index (χ0) is 17.4. The molecule has 1 fully saturated rings. The summed E-state index contributed by atoms with van der Waals surface area (Å²) in [4.78, 5) is 25.7. The van der Waals surface area contributed by atoms with Crippen molar-refractivity contribution in [1.29, 1.82) is 0 Å². The Morgan fingerprint density at radius 1 is 1.17 bits per heavy atom. The van der Waals surface area contributed by atoms with Crippen molar-refractivity contribution >= 4 is 11.8 Å². The van der Waals surface area contributed by atoms with E-state index >= 15 is 0 Å². The van der Waals surface area contributed by atoms with Crippen LogP contribution in [0, 0.1) is 5.92 Å². The highest BCUT2D eigenvalue weighted by Gasteiger charge is 2.27. The molecular weight excluding hydrogens is 302 g/mol. The predicted molar refractivity (Wildman–Crippen MR) is 95.3 cm³/mol. The number of aryl methyl sites for hydroxylation is 1. The van der Waals surface area contributed by atoms with Gasteiger partial charge in [-0.3, -0.25) is 9.59 Å². The minimum atomic E-state index is -0.142. The number of rotatable bonds is 6. The van der Waals surface area contributed by atoms with Gasteiger partial charge < -0.3 is 16.0 Å².